The Labute approximate surface area is 90.0 Å². The van der Waals surface area contributed by atoms with Gasteiger partial charge in [0.1, 0.15) is 0 Å². The van der Waals surface area contributed by atoms with Crippen LogP contribution in [0.1, 0.15) is 43.6 Å². The molecule has 2 heterocycles. The number of hydrogen-bond acceptors (Lipinski definition) is 3. The summed E-state index contributed by atoms with van der Waals surface area (Å²) < 4.78 is 0. The van der Waals surface area contributed by atoms with Crippen LogP contribution in [0.5, 0.6) is 0 Å². The van der Waals surface area contributed by atoms with Crippen LogP contribution >= 0.6 is 0 Å². The Morgan fingerprint density at radius 3 is 2.53 bits per heavy atom. The minimum absolute atomic E-state index is 0.115. The molecule has 2 rings (SSSR count). The topological polar surface area (TPSA) is 37.6 Å². The van der Waals surface area contributed by atoms with Crippen LogP contribution in [-0.2, 0) is 0 Å². The molecule has 15 heavy (non-hydrogen) atoms. The lowest BCUT2D eigenvalue weighted by molar-refractivity contribution is 0.717. The van der Waals surface area contributed by atoms with Gasteiger partial charge < -0.3 is 0 Å². The van der Waals surface area contributed by atoms with E-state index in [1.807, 2.05) is 12.3 Å². The summed E-state index contributed by atoms with van der Waals surface area (Å²) in [5.41, 5.74) is 2.21. The predicted octanol–water partition coefficient (Wildman–Crippen LogP) is 2.75. The summed E-state index contributed by atoms with van der Waals surface area (Å²) in [7, 11) is 0. The van der Waals surface area contributed by atoms with Crippen molar-refractivity contribution < 1.29 is 0 Å². The van der Waals surface area contributed by atoms with Gasteiger partial charge in [-0.2, -0.15) is 0 Å². The fraction of sp³-hybridized carbons (Fsp3) is 0.417. The van der Waals surface area contributed by atoms with E-state index in [1.54, 1.807) is 12.4 Å². The van der Waals surface area contributed by atoms with Gasteiger partial charge in [-0.05, 0) is 24.0 Å². The summed E-state index contributed by atoms with van der Waals surface area (Å²) in [4.78, 5) is 12.8. The van der Waals surface area contributed by atoms with Crippen LogP contribution in [0.3, 0.4) is 0 Å². The van der Waals surface area contributed by atoms with Crippen molar-refractivity contribution in [3.8, 4) is 0 Å². The molecule has 1 aliphatic heterocycles. The first-order valence-electron chi connectivity index (χ1n) is 5.32. The summed E-state index contributed by atoms with van der Waals surface area (Å²) in [6, 6.07) is 4.14. The molecule has 0 radical (unpaired) electrons. The van der Waals surface area contributed by atoms with Gasteiger partial charge in [0.25, 0.3) is 0 Å². The smallest absolute Gasteiger partial charge is 0.181 e. The summed E-state index contributed by atoms with van der Waals surface area (Å²) in [5, 5.41) is 0. The molecule has 1 aromatic heterocycles. The lowest BCUT2D eigenvalue weighted by Crippen LogP contribution is -1.97. The van der Waals surface area contributed by atoms with Crippen molar-refractivity contribution in [1.29, 1.82) is 0 Å². The first kappa shape index (κ1) is 10.0. The lowest BCUT2D eigenvalue weighted by Gasteiger charge is -2.09. The van der Waals surface area contributed by atoms with Crippen LogP contribution < -0.4 is 0 Å². The van der Waals surface area contributed by atoms with Crippen LogP contribution in [0.4, 0.5) is 0 Å². The van der Waals surface area contributed by atoms with E-state index in [0.717, 1.165) is 12.1 Å². The van der Waals surface area contributed by atoms with E-state index in [-0.39, 0.29) is 6.17 Å². The fourth-order valence-corrected chi connectivity index (χ4v) is 1.53. The molecule has 78 valence electrons. The molecular formula is C12H15N3. The molecular weight excluding hydrogens is 186 g/mol. The van der Waals surface area contributed by atoms with Crippen molar-refractivity contribution >= 4 is 12.4 Å². The Kier molecular flexibility index (Phi) is 2.90. The third-order valence-corrected chi connectivity index (χ3v) is 2.78. The van der Waals surface area contributed by atoms with Gasteiger partial charge in [-0.3, -0.25) is 15.0 Å². The fourth-order valence-electron chi connectivity index (χ4n) is 1.53. The van der Waals surface area contributed by atoms with Gasteiger partial charge in [-0.25, -0.2) is 0 Å². The highest BCUT2D eigenvalue weighted by Gasteiger charge is 2.11. The Morgan fingerprint density at radius 1 is 1.27 bits per heavy atom. The van der Waals surface area contributed by atoms with E-state index < -0.39 is 0 Å². The van der Waals surface area contributed by atoms with Gasteiger partial charge in [-0.15, -0.1) is 0 Å². The van der Waals surface area contributed by atoms with E-state index >= 15 is 0 Å². The minimum Gasteiger partial charge on any atom is -0.259 e. The second-order valence-corrected chi connectivity index (χ2v) is 3.80. The first-order chi connectivity index (χ1) is 7.31. The van der Waals surface area contributed by atoms with Gasteiger partial charge in [0.2, 0.25) is 0 Å². The minimum atomic E-state index is -0.115. The Hall–Kier alpha value is -1.51. The third-order valence-electron chi connectivity index (χ3n) is 2.78. The monoisotopic (exact) mass is 201 g/mol. The maximum Gasteiger partial charge on any atom is 0.181 e. The van der Waals surface area contributed by atoms with Crippen LogP contribution in [-0.4, -0.2) is 17.4 Å². The maximum absolute atomic E-state index is 4.40. The van der Waals surface area contributed by atoms with Gasteiger partial charge in [0.15, 0.2) is 6.17 Å². The highest BCUT2D eigenvalue weighted by atomic mass is 15.1. The average molecular weight is 201 g/mol. The molecule has 0 saturated carbocycles. The molecule has 0 aliphatic carbocycles. The largest absolute Gasteiger partial charge is 0.259 e. The maximum atomic E-state index is 4.40. The zero-order chi connectivity index (χ0) is 10.7. The van der Waals surface area contributed by atoms with E-state index in [1.165, 1.54) is 5.56 Å². The summed E-state index contributed by atoms with van der Waals surface area (Å²) in [6.07, 6.45) is 6.40. The van der Waals surface area contributed by atoms with Gasteiger partial charge >= 0.3 is 0 Å². The van der Waals surface area contributed by atoms with E-state index in [4.69, 9.17) is 0 Å². The van der Waals surface area contributed by atoms with Crippen LogP contribution in [0.2, 0.25) is 0 Å². The third kappa shape index (κ3) is 2.12. The molecule has 0 bridgehead atoms. The number of aromatic nitrogens is 1. The highest BCUT2D eigenvalue weighted by Crippen LogP contribution is 2.22. The molecule has 0 aromatic carbocycles. The molecule has 0 fully saturated rings. The normalized spacial score (nSPS) is 17.2. The first-order valence-corrected chi connectivity index (χ1v) is 5.32. The van der Waals surface area contributed by atoms with Crippen LogP contribution in [0.25, 0.3) is 0 Å². The number of rotatable bonds is 3. The molecule has 1 aromatic rings. The van der Waals surface area contributed by atoms with Crippen LogP contribution in [0, 0.1) is 0 Å². The molecule has 1 unspecified atom stereocenters. The van der Waals surface area contributed by atoms with Crippen molar-refractivity contribution in [1.82, 2.24) is 4.98 Å². The quantitative estimate of drug-likeness (QED) is 0.741. The molecule has 0 N–H and O–H groups in total. The second-order valence-electron chi connectivity index (χ2n) is 3.80. The van der Waals surface area contributed by atoms with Crippen LogP contribution in [0.15, 0.2) is 28.3 Å². The second kappa shape index (κ2) is 4.34. The zero-order valence-electron chi connectivity index (χ0n) is 9.09. The standard InChI is InChI=1S/C12H15N3/c1-3-9(2)10-4-5-11(15-8-10)12-13-6-7-14-12/h4-9,12H,3H2,1-2H3. The van der Waals surface area contributed by atoms with Crippen molar-refractivity contribution in [2.75, 3.05) is 0 Å². The van der Waals surface area contributed by atoms with Crippen molar-refractivity contribution in [2.24, 2.45) is 9.98 Å². The van der Waals surface area contributed by atoms with E-state index in [9.17, 15) is 0 Å². The van der Waals surface area contributed by atoms with Gasteiger partial charge in [-0.1, -0.05) is 19.9 Å². The summed E-state index contributed by atoms with van der Waals surface area (Å²) in [5.74, 6) is 0.571. The molecule has 0 amide bonds. The Bertz CT molecular complexity index is 366. The molecule has 1 aliphatic rings. The Morgan fingerprint density at radius 2 is 2.00 bits per heavy atom. The number of pyridine rings is 1. The van der Waals surface area contributed by atoms with Crippen molar-refractivity contribution in [2.45, 2.75) is 32.4 Å². The SMILES string of the molecule is CCC(C)c1ccc(C2N=CC=N2)nc1. The van der Waals surface area contributed by atoms with Gasteiger partial charge in [0, 0.05) is 18.6 Å². The number of hydrogen-bond donors (Lipinski definition) is 0. The average Bonchev–Trinajstić information content (AvgIpc) is 2.82. The summed E-state index contributed by atoms with van der Waals surface area (Å²) in [6.45, 7) is 4.40. The number of nitrogens with zero attached hydrogens (tertiary/aromatic N) is 3. The van der Waals surface area contributed by atoms with Crippen molar-refractivity contribution in [3.63, 3.8) is 0 Å². The molecule has 3 heteroatoms. The Balaban J connectivity index is 2.16. The van der Waals surface area contributed by atoms with E-state index in [2.05, 4.69) is 34.9 Å². The number of aliphatic imine (C=N–C) groups is 2. The van der Waals surface area contributed by atoms with Crippen molar-refractivity contribution in [3.05, 3.63) is 29.6 Å². The summed E-state index contributed by atoms with van der Waals surface area (Å²) >= 11 is 0. The molecule has 0 saturated heterocycles. The van der Waals surface area contributed by atoms with E-state index in [0.29, 0.717) is 5.92 Å². The van der Waals surface area contributed by atoms with Gasteiger partial charge in [0.05, 0.1) is 5.69 Å². The zero-order valence-corrected chi connectivity index (χ0v) is 9.09. The predicted molar refractivity (Wildman–Crippen MR) is 62.7 cm³/mol. The lowest BCUT2D eigenvalue weighted by atomic mass is 10.0. The highest BCUT2D eigenvalue weighted by molar-refractivity contribution is 6.17. The molecule has 3 nitrogen and oxygen atoms in total. The molecule has 0 spiro atoms. The molecule has 1 atom stereocenters.